The minimum Gasteiger partial charge on any atom is -0.367 e. The molecule has 1 aliphatic heterocycles. The molecule has 2 heterocycles. The highest BCUT2D eigenvalue weighted by atomic mass is 16.5. The zero-order valence-corrected chi connectivity index (χ0v) is 11.6. The predicted octanol–water partition coefficient (Wildman–Crippen LogP) is 1.04. The molecule has 18 heavy (non-hydrogen) atoms. The number of hydrogen-bond acceptors (Lipinski definition) is 5. The van der Waals surface area contributed by atoms with Gasteiger partial charge in [-0.2, -0.15) is 0 Å². The summed E-state index contributed by atoms with van der Waals surface area (Å²) in [6.07, 6.45) is 0.0400. The fourth-order valence-electron chi connectivity index (χ4n) is 2.42. The Morgan fingerprint density at radius 1 is 1.39 bits per heavy atom. The molecule has 2 rings (SSSR count). The summed E-state index contributed by atoms with van der Waals surface area (Å²) < 4.78 is 5.91. The van der Waals surface area contributed by atoms with Crippen molar-refractivity contribution < 1.29 is 4.74 Å². The second kappa shape index (κ2) is 4.82. The highest BCUT2D eigenvalue weighted by molar-refractivity contribution is 5.34. The monoisotopic (exact) mass is 250 g/mol. The highest BCUT2D eigenvalue weighted by Crippen LogP contribution is 2.23. The maximum atomic E-state index is 5.91. The van der Waals surface area contributed by atoms with Crippen LogP contribution in [-0.4, -0.2) is 41.3 Å². The Hall–Kier alpha value is -1.20. The summed E-state index contributed by atoms with van der Waals surface area (Å²) in [7, 11) is 0. The average molecular weight is 250 g/mol. The summed E-state index contributed by atoms with van der Waals surface area (Å²) in [5.74, 6) is 0.780. The largest absolute Gasteiger partial charge is 0.367 e. The molecule has 0 aromatic carbocycles. The van der Waals surface area contributed by atoms with E-state index in [9.17, 15) is 0 Å². The molecular formula is C13H22N4O. The van der Waals surface area contributed by atoms with Gasteiger partial charge >= 0.3 is 0 Å². The van der Waals surface area contributed by atoms with E-state index in [4.69, 9.17) is 10.5 Å². The molecule has 1 fully saturated rings. The first-order valence-corrected chi connectivity index (χ1v) is 6.35. The van der Waals surface area contributed by atoms with Gasteiger partial charge in [-0.15, -0.1) is 0 Å². The molecule has 1 unspecified atom stereocenters. The molecule has 2 N–H and O–H groups in total. The molecule has 0 bridgehead atoms. The Kier molecular flexibility index (Phi) is 3.54. The molecule has 0 aliphatic carbocycles. The van der Waals surface area contributed by atoms with Crippen molar-refractivity contribution in [1.29, 1.82) is 0 Å². The second-order valence-electron chi connectivity index (χ2n) is 5.57. The molecule has 5 heteroatoms. The summed E-state index contributed by atoms with van der Waals surface area (Å²) >= 11 is 0. The number of aromatic nitrogens is 2. The van der Waals surface area contributed by atoms with Gasteiger partial charge in [0.2, 0.25) is 5.95 Å². The van der Waals surface area contributed by atoms with E-state index in [2.05, 4.69) is 28.7 Å². The van der Waals surface area contributed by atoms with Gasteiger partial charge in [0.15, 0.2) is 0 Å². The third-order valence-electron chi connectivity index (χ3n) is 3.00. The van der Waals surface area contributed by atoms with Crippen LogP contribution < -0.4 is 10.6 Å². The normalized spacial score (nSPS) is 23.2. The molecule has 0 amide bonds. The Morgan fingerprint density at radius 3 is 2.56 bits per heavy atom. The van der Waals surface area contributed by atoms with Gasteiger partial charge in [-0.05, 0) is 33.8 Å². The van der Waals surface area contributed by atoms with E-state index >= 15 is 0 Å². The number of hydrogen-bond donors (Lipinski definition) is 1. The fourth-order valence-corrected chi connectivity index (χ4v) is 2.42. The Morgan fingerprint density at radius 2 is 2.00 bits per heavy atom. The van der Waals surface area contributed by atoms with E-state index < -0.39 is 0 Å². The SMILES string of the molecule is Cc1cc(C)nc(N2CC(CN)OC(C)(C)C2)n1. The van der Waals surface area contributed by atoms with Crippen molar-refractivity contribution in [3.8, 4) is 0 Å². The van der Waals surface area contributed by atoms with Crippen molar-refractivity contribution in [1.82, 2.24) is 9.97 Å². The van der Waals surface area contributed by atoms with Crippen LogP contribution in [0.25, 0.3) is 0 Å². The third kappa shape index (κ3) is 2.97. The Balaban J connectivity index is 2.26. The van der Waals surface area contributed by atoms with Crippen molar-refractivity contribution in [3.63, 3.8) is 0 Å². The lowest BCUT2D eigenvalue weighted by Crippen LogP contribution is -2.55. The summed E-state index contributed by atoms with van der Waals surface area (Å²) in [4.78, 5) is 11.2. The van der Waals surface area contributed by atoms with Crippen LogP contribution in [0.4, 0.5) is 5.95 Å². The summed E-state index contributed by atoms with van der Waals surface area (Å²) in [6.45, 7) is 10.2. The molecule has 1 aromatic rings. The van der Waals surface area contributed by atoms with Crippen LogP contribution in [0.3, 0.4) is 0 Å². The van der Waals surface area contributed by atoms with Crippen molar-refractivity contribution in [2.24, 2.45) is 5.73 Å². The number of nitrogens with zero attached hydrogens (tertiary/aromatic N) is 3. The van der Waals surface area contributed by atoms with E-state index in [0.717, 1.165) is 30.4 Å². The van der Waals surface area contributed by atoms with Gasteiger partial charge in [0.05, 0.1) is 11.7 Å². The Labute approximate surface area is 108 Å². The lowest BCUT2D eigenvalue weighted by atomic mass is 10.1. The second-order valence-corrected chi connectivity index (χ2v) is 5.57. The van der Waals surface area contributed by atoms with Gasteiger partial charge in [-0.25, -0.2) is 9.97 Å². The van der Waals surface area contributed by atoms with Crippen LogP contribution in [0.5, 0.6) is 0 Å². The quantitative estimate of drug-likeness (QED) is 0.849. The minimum atomic E-state index is -0.219. The zero-order valence-electron chi connectivity index (χ0n) is 11.6. The van der Waals surface area contributed by atoms with Gasteiger partial charge in [0, 0.05) is 31.0 Å². The minimum absolute atomic E-state index is 0.0400. The molecule has 1 aliphatic rings. The number of ether oxygens (including phenoxy) is 1. The van der Waals surface area contributed by atoms with Crippen LogP contribution in [0, 0.1) is 13.8 Å². The molecule has 0 saturated carbocycles. The average Bonchev–Trinajstić information content (AvgIpc) is 2.25. The first-order chi connectivity index (χ1) is 8.39. The fraction of sp³-hybridized carbons (Fsp3) is 0.692. The van der Waals surface area contributed by atoms with Gasteiger partial charge in [0.25, 0.3) is 0 Å². The van der Waals surface area contributed by atoms with Crippen LogP contribution >= 0.6 is 0 Å². The Bertz CT molecular complexity index is 413. The van der Waals surface area contributed by atoms with Gasteiger partial charge in [0.1, 0.15) is 0 Å². The zero-order chi connectivity index (χ0) is 13.3. The molecule has 5 nitrogen and oxygen atoms in total. The van der Waals surface area contributed by atoms with Gasteiger partial charge in [-0.1, -0.05) is 0 Å². The van der Waals surface area contributed by atoms with Crippen LogP contribution in [0.15, 0.2) is 6.07 Å². The molecule has 100 valence electrons. The van der Waals surface area contributed by atoms with E-state index in [-0.39, 0.29) is 11.7 Å². The van der Waals surface area contributed by atoms with Crippen LogP contribution in [-0.2, 0) is 4.74 Å². The van der Waals surface area contributed by atoms with E-state index in [1.54, 1.807) is 0 Å². The molecular weight excluding hydrogens is 228 g/mol. The van der Waals surface area contributed by atoms with E-state index in [0.29, 0.717) is 6.54 Å². The highest BCUT2D eigenvalue weighted by Gasteiger charge is 2.33. The van der Waals surface area contributed by atoms with Crippen LogP contribution in [0.2, 0.25) is 0 Å². The van der Waals surface area contributed by atoms with Crippen molar-refractivity contribution in [2.45, 2.75) is 39.4 Å². The molecule has 1 aromatic heterocycles. The van der Waals surface area contributed by atoms with E-state index in [1.807, 2.05) is 19.9 Å². The van der Waals surface area contributed by atoms with Gasteiger partial charge in [-0.3, -0.25) is 0 Å². The molecule has 1 atom stereocenters. The van der Waals surface area contributed by atoms with Gasteiger partial charge < -0.3 is 15.4 Å². The van der Waals surface area contributed by atoms with Crippen LogP contribution in [0.1, 0.15) is 25.2 Å². The van der Waals surface area contributed by atoms with Crippen molar-refractivity contribution in [3.05, 3.63) is 17.5 Å². The molecule has 0 radical (unpaired) electrons. The smallest absolute Gasteiger partial charge is 0.225 e. The molecule has 0 spiro atoms. The standard InChI is InChI=1S/C13H22N4O/c1-9-5-10(2)16-12(15-9)17-7-11(6-14)18-13(3,4)8-17/h5,11H,6-8,14H2,1-4H3. The number of aryl methyl sites for hydroxylation is 2. The first-order valence-electron chi connectivity index (χ1n) is 6.35. The van der Waals surface area contributed by atoms with Crippen molar-refractivity contribution >= 4 is 5.95 Å². The topological polar surface area (TPSA) is 64.3 Å². The maximum Gasteiger partial charge on any atom is 0.225 e. The first kappa shape index (κ1) is 13.2. The number of anilines is 1. The number of rotatable bonds is 2. The summed E-state index contributed by atoms with van der Waals surface area (Å²) in [5.41, 5.74) is 7.50. The van der Waals surface area contributed by atoms with E-state index in [1.165, 1.54) is 0 Å². The summed E-state index contributed by atoms with van der Waals surface area (Å²) in [5, 5.41) is 0. The van der Waals surface area contributed by atoms with Crippen molar-refractivity contribution in [2.75, 3.05) is 24.5 Å². The lowest BCUT2D eigenvalue weighted by molar-refractivity contribution is -0.0792. The lowest BCUT2D eigenvalue weighted by Gasteiger charge is -2.42. The number of nitrogens with two attached hydrogens (primary N) is 1. The third-order valence-corrected chi connectivity index (χ3v) is 3.00. The predicted molar refractivity (Wildman–Crippen MR) is 71.7 cm³/mol. The summed E-state index contributed by atoms with van der Waals surface area (Å²) in [6, 6.07) is 1.98. The maximum absolute atomic E-state index is 5.91. The molecule has 1 saturated heterocycles. The number of morpholine rings is 1.